The normalized spacial score (nSPS) is 14.5. The van der Waals surface area contributed by atoms with Crippen molar-refractivity contribution in [2.75, 3.05) is 31.1 Å². The number of amides is 1. The van der Waals surface area contributed by atoms with Gasteiger partial charge in [-0.25, -0.2) is 4.98 Å². The van der Waals surface area contributed by atoms with Crippen LogP contribution in [0.1, 0.15) is 33.1 Å². The summed E-state index contributed by atoms with van der Waals surface area (Å²) in [6, 6.07) is 11.1. The van der Waals surface area contributed by atoms with E-state index in [4.69, 9.17) is 20.9 Å². The lowest BCUT2D eigenvalue weighted by atomic mass is 9.95. The van der Waals surface area contributed by atoms with Gasteiger partial charge in [0.25, 0.3) is 5.89 Å². The minimum absolute atomic E-state index is 0.00673. The maximum atomic E-state index is 12.6. The minimum Gasteiger partial charge on any atom is -0.379 e. The summed E-state index contributed by atoms with van der Waals surface area (Å²) < 4.78 is 11.1. The summed E-state index contributed by atoms with van der Waals surface area (Å²) in [5.74, 6) is 1.79. The SMILES string of the molecule is CC(C)OCCCNC(=O)C1CCN(c2ncccc2-c2nc(-c3cccc(Cl)c3)no2)CC1. The molecule has 1 aromatic carbocycles. The molecule has 3 aromatic rings. The maximum Gasteiger partial charge on any atom is 0.261 e. The van der Waals surface area contributed by atoms with E-state index in [9.17, 15) is 4.79 Å². The Bertz CT molecular complexity index is 1100. The molecule has 34 heavy (non-hydrogen) atoms. The van der Waals surface area contributed by atoms with Crippen molar-refractivity contribution < 1.29 is 14.1 Å². The maximum absolute atomic E-state index is 12.6. The largest absolute Gasteiger partial charge is 0.379 e. The first-order chi connectivity index (χ1) is 16.5. The van der Waals surface area contributed by atoms with Crippen molar-refractivity contribution in [3.05, 3.63) is 47.6 Å². The summed E-state index contributed by atoms with van der Waals surface area (Å²) in [6.45, 7) is 6.78. The van der Waals surface area contributed by atoms with Crippen LogP contribution in [0.2, 0.25) is 5.02 Å². The summed E-state index contributed by atoms with van der Waals surface area (Å²) in [6.07, 6.45) is 4.32. The Morgan fingerprint density at radius 1 is 1.26 bits per heavy atom. The molecule has 1 N–H and O–H groups in total. The van der Waals surface area contributed by atoms with Crippen molar-refractivity contribution in [1.82, 2.24) is 20.4 Å². The average Bonchev–Trinajstić information content (AvgIpc) is 3.34. The fourth-order valence-electron chi connectivity index (χ4n) is 3.99. The number of nitrogens with one attached hydrogen (secondary N) is 1. The van der Waals surface area contributed by atoms with Crippen LogP contribution >= 0.6 is 11.6 Å². The molecule has 0 saturated carbocycles. The van der Waals surface area contributed by atoms with Crippen LogP contribution < -0.4 is 10.2 Å². The lowest BCUT2D eigenvalue weighted by Gasteiger charge is -2.32. The number of halogens is 1. The number of benzene rings is 1. The second-order valence-electron chi connectivity index (χ2n) is 8.63. The topological polar surface area (TPSA) is 93.4 Å². The van der Waals surface area contributed by atoms with Crippen molar-refractivity contribution in [3.8, 4) is 22.8 Å². The van der Waals surface area contributed by atoms with Gasteiger partial charge in [0.05, 0.1) is 11.7 Å². The average molecular weight is 484 g/mol. The molecule has 0 spiro atoms. The minimum atomic E-state index is 0.00673. The van der Waals surface area contributed by atoms with Crippen LogP contribution in [0.3, 0.4) is 0 Å². The Hall–Kier alpha value is -2.97. The Kier molecular flexibility index (Phi) is 8.13. The number of carbonyl (C=O) groups excluding carboxylic acids is 1. The zero-order chi connectivity index (χ0) is 23.9. The second-order valence-corrected chi connectivity index (χ2v) is 9.07. The first-order valence-electron chi connectivity index (χ1n) is 11.7. The molecule has 3 heterocycles. The molecule has 8 nitrogen and oxygen atoms in total. The number of pyridine rings is 1. The van der Waals surface area contributed by atoms with Crippen molar-refractivity contribution in [1.29, 1.82) is 0 Å². The molecule has 0 unspecified atom stereocenters. The fourth-order valence-corrected chi connectivity index (χ4v) is 4.18. The summed E-state index contributed by atoms with van der Waals surface area (Å²) in [7, 11) is 0. The Labute approximate surface area is 204 Å². The highest BCUT2D eigenvalue weighted by atomic mass is 35.5. The van der Waals surface area contributed by atoms with E-state index in [0.717, 1.165) is 49.3 Å². The second kappa shape index (κ2) is 11.4. The molecule has 0 atom stereocenters. The van der Waals surface area contributed by atoms with Gasteiger partial charge in [-0.3, -0.25) is 4.79 Å². The Morgan fingerprint density at radius 3 is 2.85 bits per heavy atom. The van der Waals surface area contributed by atoms with Crippen LogP contribution in [-0.2, 0) is 9.53 Å². The number of anilines is 1. The lowest BCUT2D eigenvalue weighted by molar-refractivity contribution is -0.125. The van der Waals surface area contributed by atoms with E-state index in [1.807, 2.05) is 38.1 Å². The smallest absolute Gasteiger partial charge is 0.261 e. The van der Waals surface area contributed by atoms with Gasteiger partial charge in [0.1, 0.15) is 5.82 Å². The molecule has 1 saturated heterocycles. The molecular formula is C25H30ClN5O3. The van der Waals surface area contributed by atoms with Gasteiger partial charge in [-0.05, 0) is 57.4 Å². The zero-order valence-corrected chi connectivity index (χ0v) is 20.3. The van der Waals surface area contributed by atoms with Gasteiger partial charge in [-0.15, -0.1) is 0 Å². The first kappa shape index (κ1) is 24.2. The van der Waals surface area contributed by atoms with Gasteiger partial charge in [0.2, 0.25) is 11.7 Å². The van der Waals surface area contributed by atoms with E-state index in [1.54, 1.807) is 18.3 Å². The highest BCUT2D eigenvalue weighted by Crippen LogP contribution is 2.32. The highest BCUT2D eigenvalue weighted by molar-refractivity contribution is 6.30. The highest BCUT2D eigenvalue weighted by Gasteiger charge is 2.27. The van der Waals surface area contributed by atoms with Crippen LogP contribution in [0.25, 0.3) is 22.8 Å². The van der Waals surface area contributed by atoms with Crippen LogP contribution in [-0.4, -0.2) is 53.4 Å². The number of hydrogen-bond acceptors (Lipinski definition) is 7. The third-order valence-electron chi connectivity index (χ3n) is 5.76. The Balaban J connectivity index is 1.37. The van der Waals surface area contributed by atoms with Crippen molar-refractivity contribution >= 4 is 23.3 Å². The van der Waals surface area contributed by atoms with E-state index in [0.29, 0.717) is 29.9 Å². The van der Waals surface area contributed by atoms with Gasteiger partial charge in [-0.1, -0.05) is 28.9 Å². The number of hydrogen-bond donors (Lipinski definition) is 1. The third-order valence-corrected chi connectivity index (χ3v) is 6.00. The molecule has 0 radical (unpaired) electrons. The third kappa shape index (κ3) is 6.12. The van der Waals surface area contributed by atoms with Crippen LogP contribution in [0.5, 0.6) is 0 Å². The summed E-state index contributed by atoms with van der Waals surface area (Å²) in [5, 5.41) is 7.78. The first-order valence-corrected chi connectivity index (χ1v) is 12.1. The molecule has 9 heteroatoms. The van der Waals surface area contributed by atoms with Gasteiger partial charge < -0.3 is 19.5 Å². The molecule has 1 amide bonds. The molecule has 1 aliphatic rings. The summed E-state index contributed by atoms with van der Waals surface area (Å²) in [5.41, 5.74) is 1.56. The van der Waals surface area contributed by atoms with Crippen LogP contribution in [0, 0.1) is 5.92 Å². The van der Waals surface area contributed by atoms with Gasteiger partial charge >= 0.3 is 0 Å². The molecule has 1 aliphatic heterocycles. The zero-order valence-electron chi connectivity index (χ0n) is 19.5. The van der Waals surface area contributed by atoms with Crippen molar-refractivity contribution in [3.63, 3.8) is 0 Å². The molecule has 1 fully saturated rings. The van der Waals surface area contributed by atoms with Crippen molar-refractivity contribution in [2.45, 2.75) is 39.2 Å². The molecule has 0 bridgehead atoms. The van der Waals surface area contributed by atoms with Crippen LogP contribution in [0.4, 0.5) is 5.82 Å². The van der Waals surface area contributed by atoms with E-state index < -0.39 is 0 Å². The molecule has 0 aliphatic carbocycles. The van der Waals surface area contributed by atoms with E-state index in [1.165, 1.54) is 0 Å². The number of carbonyl (C=O) groups is 1. The molecule has 4 rings (SSSR count). The van der Waals surface area contributed by atoms with Crippen molar-refractivity contribution in [2.24, 2.45) is 5.92 Å². The van der Waals surface area contributed by atoms with E-state index in [2.05, 4.69) is 25.3 Å². The van der Waals surface area contributed by atoms with Gasteiger partial charge in [0.15, 0.2) is 0 Å². The van der Waals surface area contributed by atoms with E-state index in [-0.39, 0.29) is 17.9 Å². The van der Waals surface area contributed by atoms with Gasteiger partial charge in [0, 0.05) is 48.9 Å². The standard InChI is InChI=1S/C25H30ClN5O3/c1-17(2)33-15-5-12-28-24(32)18-9-13-31(14-10-18)23-21(8-4-11-27-23)25-29-22(30-34-25)19-6-3-7-20(26)16-19/h3-4,6-8,11,16-18H,5,9-10,12-15H2,1-2H3,(H,28,32). The number of nitrogens with zero attached hydrogens (tertiary/aromatic N) is 4. The van der Waals surface area contributed by atoms with Crippen LogP contribution in [0.15, 0.2) is 47.1 Å². The van der Waals surface area contributed by atoms with Gasteiger partial charge in [-0.2, -0.15) is 4.98 Å². The predicted molar refractivity (Wildman–Crippen MR) is 132 cm³/mol. The lowest BCUT2D eigenvalue weighted by Crippen LogP contribution is -2.41. The number of piperidine rings is 1. The molecule has 2 aromatic heterocycles. The fraction of sp³-hybridized carbons (Fsp3) is 0.440. The Morgan fingerprint density at radius 2 is 2.09 bits per heavy atom. The summed E-state index contributed by atoms with van der Waals surface area (Å²) in [4.78, 5) is 23.9. The predicted octanol–water partition coefficient (Wildman–Crippen LogP) is 4.60. The van der Waals surface area contributed by atoms with E-state index >= 15 is 0 Å². The number of ether oxygens (including phenoxy) is 1. The quantitative estimate of drug-likeness (QED) is 0.444. The monoisotopic (exact) mass is 483 g/mol. The molecular weight excluding hydrogens is 454 g/mol. The summed E-state index contributed by atoms with van der Waals surface area (Å²) >= 11 is 6.10. The number of aromatic nitrogens is 3. The molecule has 180 valence electrons. The number of rotatable bonds is 9.